The van der Waals surface area contributed by atoms with Gasteiger partial charge < -0.3 is 10.1 Å². The van der Waals surface area contributed by atoms with Gasteiger partial charge in [-0.25, -0.2) is 4.98 Å². The Labute approximate surface area is 115 Å². The molecule has 0 aliphatic rings. The molecule has 0 aromatic carbocycles. The number of nitrogens with one attached hydrogen (secondary N) is 1. The summed E-state index contributed by atoms with van der Waals surface area (Å²) in [5.74, 6) is -0.146. The Kier molecular flexibility index (Phi) is 5.00. The van der Waals surface area contributed by atoms with Crippen molar-refractivity contribution in [1.29, 1.82) is 0 Å². The zero-order valence-corrected chi connectivity index (χ0v) is 11.4. The molecule has 0 spiro atoms. The second kappa shape index (κ2) is 6.96. The normalized spacial score (nSPS) is 10.4. The number of ether oxygens (including phenoxy) is 1. The number of aromatic nitrogens is 2. The Morgan fingerprint density at radius 3 is 2.95 bits per heavy atom. The van der Waals surface area contributed by atoms with Gasteiger partial charge in [0.1, 0.15) is 10.7 Å². The van der Waals surface area contributed by atoms with Gasteiger partial charge in [0.05, 0.1) is 0 Å². The molecule has 1 amide bonds. The van der Waals surface area contributed by atoms with Crippen LogP contribution in [-0.4, -0.2) is 36.1 Å². The molecule has 2 rings (SSSR count). The molecule has 2 heterocycles. The molecule has 0 unspecified atom stereocenters. The summed E-state index contributed by atoms with van der Waals surface area (Å²) in [6.07, 6.45) is 4.21. The number of hydrogen-bond acceptors (Lipinski definition) is 5. The zero-order valence-electron chi connectivity index (χ0n) is 10.6. The molecule has 100 valence electrons. The first kappa shape index (κ1) is 13.6. The largest absolute Gasteiger partial charge is 0.385 e. The maximum Gasteiger partial charge on any atom is 0.270 e. The smallest absolute Gasteiger partial charge is 0.270 e. The third-order valence-corrected chi connectivity index (χ3v) is 3.37. The zero-order chi connectivity index (χ0) is 13.5. The molecule has 0 saturated heterocycles. The molecule has 2 aromatic heterocycles. The van der Waals surface area contributed by atoms with Crippen LogP contribution >= 0.6 is 11.3 Å². The molecule has 0 fully saturated rings. The summed E-state index contributed by atoms with van der Waals surface area (Å²) in [7, 11) is 1.64. The summed E-state index contributed by atoms with van der Waals surface area (Å²) in [5.41, 5.74) is 1.42. The molecular formula is C13H15N3O2S. The van der Waals surface area contributed by atoms with Gasteiger partial charge in [0.25, 0.3) is 5.91 Å². The van der Waals surface area contributed by atoms with Gasteiger partial charge in [-0.1, -0.05) is 0 Å². The van der Waals surface area contributed by atoms with Crippen molar-refractivity contribution in [2.75, 3.05) is 20.3 Å². The van der Waals surface area contributed by atoms with Crippen LogP contribution in [-0.2, 0) is 4.74 Å². The fourth-order valence-electron chi connectivity index (χ4n) is 1.51. The third kappa shape index (κ3) is 3.84. The van der Waals surface area contributed by atoms with Gasteiger partial charge in [0.2, 0.25) is 0 Å². The average Bonchev–Trinajstić information content (AvgIpc) is 2.94. The highest BCUT2D eigenvalue weighted by atomic mass is 32.1. The predicted molar refractivity (Wildman–Crippen MR) is 74.2 cm³/mol. The lowest BCUT2D eigenvalue weighted by Gasteiger charge is -2.01. The van der Waals surface area contributed by atoms with Crippen LogP contribution in [0.15, 0.2) is 29.9 Å². The fourth-order valence-corrected chi connectivity index (χ4v) is 2.32. The van der Waals surface area contributed by atoms with Gasteiger partial charge in [-0.05, 0) is 18.6 Å². The van der Waals surface area contributed by atoms with Crippen molar-refractivity contribution in [3.63, 3.8) is 0 Å². The molecule has 0 radical (unpaired) electrons. The first-order valence-corrected chi connectivity index (χ1v) is 6.82. The lowest BCUT2D eigenvalue weighted by Crippen LogP contribution is -2.25. The number of carbonyl (C=O) groups excluding carboxylic acids is 1. The van der Waals surface area contributed by atoms with Gasteiger partial charge in [0.15, 0.2) is 0 Å². The Balaban J connectivity index is 1.95. The topological polar surface area (TPSA) is 64.1 Å². The molecule has 5 nitrogen and oxygen atoms in total. The number of carbonyl (C=O) groups is 1. The molecule has 0 saturated carbocycles. The van der Waals surface area contributed by atoms with Crippen molar-refractivity contribution in [1.82, 2.24) is 15.3 Å². The van der Waals surface area contributed by atoms with Crippen LogP contribution in [0.4, 0.5) is 0 Å². The summed E-state index contributed by atoms with van der Waals surface area (Å²) < 4.78 is 4.92. The van der Waals surface area contributed by atoms with Crippen LogP contribution in [0.3, 0.4) is 0 Å². The van der Waals surface area contributed by atoms with E-state index in [1.54, 1.807) is 24.9 Å². The van der Waals surface area contributed by atoms with E-state index in [1.807, 2.05) is 12.1 Å². The summed E-state index contributed by atoms with van der Waals surface area (Å²) in [6.45, 7) is 1.23. The van der Waals surface area contributed by atoms with E-state index in [2.05, 4.69) is 15.3 Å². The first-order valence-electron chi connectivity index (χ1n) is 5.94. The van der Waals surface area contributed by atoms with Crippen molar-refractivity contribution in [2.45, 2.75) is 6.42 Å². The summed E-state index contributed by atoms with van der Waals surface area (Å²) in [5, 5.41) is 5.40. The highest BCUT2D eigenvalue weighted by Crippen LogP contribution is 2.22. The van der Waals surface area contributed by atoms with Crippen LogP contribution in [0.25, 0.3) is 10.6 Å². The molecule has 2 aromatic rings. The number of methoxy groups -OCH3 is 1. The Morgan fingerprint density at radius 1 is 1.42 bits per heavy atom. The van der Waals surface area contributed by atoms with Gasteiger partial charge in [-0.3, -0.25) is 9.78 Å². The number of nitrogens with zero attached hydrogens (tertiary/aromatic N) is 2. The second-order valence-electron chi connectivity index (χ2n) is 3.88. The van der Waals surface area contributed by atoms with E-state index in [0.717, 1.165) is 17.0 Å². The monoisotopic (exact) mass is 277 g/mol. The van der Waals surface area contributed by atoms with Gasteiger partial charge in [0, 0.05) is 43.6 Å². The van der Waals surface area contributed by atoms with Crippen LogP contribution in [0.2, 0.25) is 0 Å². The van der Waals surface area contributed by atoms with Gasteiger partial charge >= 0.3 is 0 Å². The average molecular weight is 277 g/mol. The molecular weight excluding hydrogens is 262 g/mol. The maximum atomic E-state index is 11.8. The second-order valence-corrected chi connectivity index (χ2v) is 4.73. The van der Waals surface area contributed by atoms with Crippen molar-refractivity contribution >= 4 is 17.2 Å². The quantitative estimate of drug-likeness (QED) is 0.820. The summed E-state index contributed by atoms with van der Waals surface area (Å²) in [4.78, 5) is 20.1. The van der Waals surface area contributed by atoms with Crippen LogP contribution in [0.1, 0.15) is 16.9 Å². The van der Waals surface area contributed by atoms with E-state index in [4.69, 9.17) is 4.74 Å². The van der Waals surface area contributed by atoms with E-state index < -0.39 is 0 Å². The van der Waals surface area contributed by atoms with Gasteiger partial charge in [-0.2, -0.15) is 0 Å². The molecule has 0 aliphatic carbocycles. The number of pyridine rings is 1. The van der Waals surface area contributed by atoms with Crippen LogP contribution in [0.5, 0.6) is 0 Å². The van der Waals surface area contributed by atoms with Crippen molar-refractivity contribution in [3.05, 3.63) is 35.6 Å². The Hall–Kier alpha value is -1.79. The molecule has 0 aliphatic heterocycles. The predicted octanol–water partition coefficient (Wildman–Crippen LogP) is 1.97. The highest BCUT2D eigenvalue weighted by Gasteiger charge is 2.10. The van der Waals surface area contributed by atoms with Crippen molar-refractivity contribution in [2.24, 2.45) is 0 Å². The van der Waals surface area contributed by atoms with Crippen molar-refractivity contribution in [3.8, 4) is 10.6 Å². The van der Waals surface area contributed by atoms with E-state index in [0.29, 0.717) is 18.8 Å². The minimum absolute atomic E-state index is 0.146. The summed E-state index contributed by atoms with van der Waals surface area (Å²) in [6, 6.07) is 3.75. The Bertz CT molecular complexity index is 528. The lowest BCUT2D eigenvalue weighted by molar-refractivity contribution is 0.0944. The standard InChI is InChI=1S/C13H15N3O2S/c1-18-8-2-5-15-12(17)11-9-19-13(16-11)10-3-6-14-7-4-10/h3-4,6-7,9H,2,5,8H2,1H3,(H,15,17). The molecule has 1 N–H and O–H groups in total. The minimum Gasteiger partial charge on any atom is -0.385 e. The SMILES string of the molecule is COCCCNC(=O)c1csc(-c2ccncc2)n1. The summed E-state index contributed by atoms with van der Waals surface area (Å²) >= 11 is 1.45. The highest BCUT2D eigenvalue weighted by molar-refractivity contribution is 7.13. The number of hydrogen-bond donors (Lipinski definition) is 1. The maximum absolute atomic E-state index is 11.8. The number of thiazole rings is 1. The van der Waals surface area contributed by atoms with Crippen LogP contribution < -0.4 is 5.32 Å². The lowest BCUT2D eigenvalue weighted by atomic mass is 10.3. The van der Waals surface area contributed by atoms with Crippen molar-refractivity contribution < 1.29 is 9.53 Å². The Morgan fingerprint density at radius 2 is 2.21 bits per heavy atom. The minimum atomic E-state index is -0.146. The van der Waals surface area contributed by atoms with E-state index in [1.165, 1.54) is 11.3 Å². The third-order valence-electron chi connectivity index (χ3n) is 2.47. The number of amides is 1. The number of rotatable bonds is 6. The first-order chi connectivity index (χ1) is 9.31. The van der Waals surface area contributed by atoms with E-state index >= 15 is 0 Å². The molecule has 0 bridgehead atoms. The fraction of sp³-hybridized carbons (Fsp3) is 0.308. The van der Waals surface area contributed by atoms with Crippen LogP contribution in [0, 0.1) is 0 Å². The molecule has 0 atom stereocenters. The van der Waals surface area contributed by atoms with E-state index in [9.17, 15) is 4.79 Å². The van der Waals surface area contributed by atoms with Gasteiger partial charge in [-0.15, -0.1) is 11.3 Å². The molecule has 6 heteroatoms. The van der Waals surface area contributed by atoms with E-state index in [-0.39, 0.29) is 5.91 Å². The molecule has 19 heavy (non-hydrogen) atoms.